The SMILES string of the molecule is CCOC(=O)C=CNC(C)C(=O)O. The van der Waals surface area contributed by atoms with Crippen molar-refractivity contribution in [1.29, 1.82) is 0 Å². The van der Waals surface area contributed by atoms with E-state index in [1.165, 1.54) is 13.1 Å². The third kappa shape index (κ3) is 5.72. The molecule has 0 amide bonds. The Labute approximate surface area is 76.4 Å². The van der Waals surface area contributed by atoms with Crippen LogP contribution in [0.3, 0.4) is 0 Å². The fourth-order valence-electron chi connectivity index (χ4n) is 0.522. The number of aliphatic carboxylic acids is 1. The monoisotopic (exact) mass is 187 g/mol. The smallest absolute Gasteiger partial charge is 0.332 e. The van der Waals surface area contributed by atoms with E-state index in [9.17, 15) is 9.59 Å². The minimum atomic E-state index is -0.978. The van der Waals surface area contributed by atoms with Gasteiger partial charge in [-0.1, -0.05) is 0 Å². The molecule has 0 saturated carbocycles. The van der Waals surface area contributed by atoms with Crippen LogP contribution in [0.4, 0.5) is 0 Å². The van der Waals surface area contributed by atoms with Crippen LogP contribution in [0, 0.1) is 0 Å². The van der Waals surface area contributed by atoms with E-state index in [0.29, 0.717) is 6.61 Å². The lowest BCUT2D eigenvalue weighted by Crippen LogP contribution is -2.29. The molecule has 5 heteroatoms. The van der Waals surface area contributed by atoms with Gasteiger partial charge in [-0.05, 0) is 13.8 Å². The maximum Gasteiger partial charge on any atom is 0.332 e. The molecule has 0 fully saturated rings. The Morgan fingerprint density at radius 3 is 2.69 bits per heavy atom. The first kappa shape index (κ1) is 11.5. The second-order valence-corrected chi connectivity index (χ2v) is 2.31. The zero-order chi connectivity index (χ0) is 10.3. The fourth-order valence-corrected chi connectivity index (χ4v) is 0.522. The first-order valence-electron chi connectivity index (χ1n) is 3.90. The van der Waals surface area contributed by atoms with Crippen molar-refractivity contribution in [2.75, 3.05) is 6.61 Å². The van der Waals surface area contributed by atoms with Crippen LogP contribution in [-0.2, 0) is 14.3 Å². The van der Waals surface area contributed by atoms with Gasteiger partial charge in [-0.2, -0.15) is 0 Å². The number of carbonyl (C=O) groups excluding carboxylic acids is 1. The van der Waals surface area contributed by atoms with Crippen LogP contribution >= 0.6 is 0 Å². The third-order valence-corrected chi connectivity index (χ3v) is 1.22. The Bertz CT molecular complexity index is 212. The van der Waals surface area contributed by atoms with Crippen molar-refractivity contribution in [1.82, 2.24) is 5.32 Å². The van der Waals surface area contributed by atoms with Crippen molar-refractivity contribution in [3.05, 3.63) is 12.3 Å². The van der Waals surface area contributed by atoms with Gasteiger partial charge < -0.3 is 15.2 Å². The van der Waals surface area contributed by atoms with Crippen LogP contribution in [0.15, 0.2) is 12.3 Å². The molecule has 0 heterocycles. The number of hydrogen-bond acceptors (Lipinski definition) is 4. The summed E-state index contributed by atoms with van der Waals surface area (Å²) in [6.45, 7) is 3.47. The lowest BCUT2D eigenvalue weighted by Gasteiger charge is -2.04. The molecule has 0 aromatic rings. The molecule has 2 N–H and O–H groups in total. The van der Waals surface area contributed by atoms with Gasteiger partial charge in [0.25, 0.3) is 0 Å². The number of carbonyl (C=O) groups is 2. The highest BCUT2D eigenvalue weighted by Crippen LogP contribution is 1.83. The molecule has 1 unspecified atom stereocenters. The average molecular weight is 187 g/mol. The Hall–Kier alpha value is -1.52. The van der Waals surface area contributed by atoms with Gasteiger partial charge in [0, 0.05) is 12.3 Å². The van der Waals surface area contributed by atoms with Crippen LogP contribution in [0.2, 0.25) is 0 Å². The Morgan fingerprint density at radius 2 is 2.23 bits per heavy atom. The van der Waals surface area contributed by atoms with Gasteiger partial charge in [0.1, 0.15) is 6.04 Å². The summed E-state index contributed by atoms with van der Waals surface area (Å²) in [5.41, 5.74) is 0. The summed E-state index contributed by atoms with van der Waals surface area (Å²) < 4.78 is 4.57. The molecule has 0 radical (unpaired) electrons. The Morgan fingerprint density at radius 1 is 1.62 bits per heavy atom. The lowest BCUT2D eigenvalue weighted by molar-refractivity contribution is -0.139. The van der Waals surface area contributed by atoms with Gasteiger partial charge >= 0.3 is 11.9 Å². The highest BCUT2D eigenvalue weighted by atomic mass is 16.5. The van der Waals surface area contributed by atoms with Crippen LogP contribution in [0.1, 0.15) is 13.8 Å². The third-order valence-electron chi connectivity index (χ3n) is 1.22. The zero-order valence-corrected chi connectivity index (χ0v) is 7.61. The topological polar surface area (TPSA) is 75.6 Å². The zero-order valence-electron chi connectivity index (χ0n) is 7.61. The second kappa shape index (κ2) is 6.05. The van der Waals surface area contributed by atoms with E-state index in [1.807, 2.05) is 0 Å². The number of esters is 1. The number of carboxylic acid groups (broad SMARTS) is 1. The molecule has 0 aromatic carbocycles. The molecule has 0 rings (SSSR count). The normalized spacial score (nSPS) is 12.5. The first-order chi connectivity index (χ1) is 6.07. The van der Waals surface area contributed by atoms with Gasteiger partial charge in [0.2, 0.25) is 0 Å². The quantitative estimate of drug-likeness (QED) is 0.472. The average Bonchev–Trinajstić information content (AvgIpc) is 2.04. The van der Waals surface area contributed by atoms with Gasteiger partial charge in [-0.15, -0.1) is 0 Å². The predicted molar refractivity (Wildman–Crippen MR) is 46.0 cm³/mol. The molecule has 5 nitrogen and oxygen atoms in total. The maximum absolute atomic E-state index is 10.7. The minimum Gasteiger partial charge on any atom is -0.480 e. The first-order valence-corrected chi connectivity index (χ1v) is 3.90. The molecule has 0 aliphatic rings. The number of hydrogen-bond donors (Lipinski definition) is 2. The molecule has 0 aliphatic heterocycles. The van der Waals surface area contributed by atoms with Gasteiger partial charge in [-0.3, -0.25) is 4.79 Å². The van der Waals surface area contributed by atoms with Crippen LogP contribution in [-0.4, -0.2) is 29.7 Å². The summed E-state index contributed by atoms with van der Waals surface area (Å²) in [5.74, 6) is -1.47. The molecular weight excluding hydrogens is 174 g/mol. The maximum atomic E-state index is 10.7. The van der Waals surface area contributed by atoms with Crippen molar-refractivity contribution in [2.24, 2.45) is 0 Å². The summed E-state index contributed by atoms with van der Waals surface area (Å²) in [4.78, 5) is 21.0. The molecular formula is C8H13NO4. The van der Waals surface area contributed by atoms with Crippen molar-refractivity contribution in [3.63, 3.8) is 0 Å². The van der Waals surface area contributed by atoms with Crippen molar-refractivity contribution in [3.8, 4) is 0 Å². The molecule has 0 bridgehead atoms. The number of ether oxygens (including phenoxy) is 1. The van der Waals surface area contributed by atoms with E-state index < -0.39 is 18.0 Å². The highest BCUT2D eigenvalue weighted by Gasteiger charge is 2.06. The van der Waals surface area contributed by atoms with Crippen LogP contribution < -0.4 is 5.32 Å². The lowest BCUT2D eigenvalue weighted by atomic mass is 10.3. The number of rotatable bonds is 5. The van der Waals surface area contributed by atoms with Crippen LogP contribution in [0.5, 0.6) is 0 Å². The highest BCUT2D eigenvalue weighted by molar-refractivity contribution is 5.82. The van der Waals surface area contributed by atoms with Gasteiger partial charge in [0.15, 0.2) is 0 Å². The summed E-state index contributed by atoms with van der Waals surface area (Å²) in [6, 6.07) is -0.717. The number of carboxylic acids is 1. The summed E-state index contributed by atoms with van der Waals surface area (Å²) >= 11 is 0. The molecule has 0 aliphatic carbocycles. The van der Waals surface area contributed by atoms with Gasteiger partial charge in [-0.25, -0.2) is 4.79 Å². The molecule has 13 heavy (non-hydrogen) atoms. The minimum absolute atomic E-state index is 0.303. The molecule has 0 aromatic heterocycles. The van der Waals surface area contributed by atoms with E-state index in [1.54, 1.807) is 6.92 Å². The Balaban J connectivity index is 3.74. The second-order valence-electron chi connectivity index (χ2n) is 2.31. The van der Waals surface area contributed by atoms with Crippen molar-refractivity contribution >= 4 is 11.9 Å². The van der Waals surface area contributed by atoms with E-state index in [4.69, 9.17) is 5.11 Å². The van der Waals surface area contributed by atoms with E-state index in [-0.39, 0.29) is 0 Å². The Kier molecular flexibility index (Phi) is 5.34. The summed E-state index contributed by atoms with van der Waals surface area (Å²) in [6.07, 6.45) is 2.40. The molecule has 74 valence electrons. The van der Waals surface area contributed by atoms with Crippen LogP contribution in [0.25, 0.3) is 0 Å². The molecule has 0 spiro atoms. The van der Waals surface area contributed by atoms with E-state index in [2.05, 4.69) is 10.1 Å². The summed E-state index contributed by atoms with van der Waals surface area (Å²) in [5, 5.41) is 10.9. The van der Waals surface area contributed by atoms with E-state index in [0.717, 1.165) is 6.08 Å². The van der Waals surface area contributed by atoms with Crippen molar-refractivity contribution in [2.45, 2.75) is 19.9 Å². The summed E-state index contributed by atoms with van der Waals surface area (Å²) in [7, 11) is 0. The largest absolute Gasteiger partial charge is 0.480 e. The predicted octanol–water partition coefficient (Wildman–Crippen LogP) is 0.126. The van der Waals surface area contributed by atoms with E-state index >= 15 is 0 Å². The standard InChI is InChI=1S/C8H13NO4/c1-3-13-7(10)4-5-9-6(2)8(11)12/h4-6,9H,3H2,1-2H3,(H,11,12). The molecule has 1 atom stereocenters. The fraction of sp³-hybridized carbons (Fsp3) is 0.500. The molecule has 0 saturated heterocycles. The van der Waals surface area contributed by atoms with Crippen molar-refractivity contribution < 1.29 is 19.4 Å². The number of nitrogens with one attached hydrogen (secondary N) is 1. The van der Waals surface area contributed by atoms with Gasteiger partial charge in [0.05, 0.1) is 6.61 Å².